The molecule has 0 aliphatic heterocycles. The Labute approximate surface area is 77.1 Å². The predicted molar refractivity (Wildman–Crippen MR) is 55.5 cm³/mol. The Morgan fingerprint density at radius 2 is 1.67 bits per heavy atom. The molecule has 0 aromatic heterocycles. The molecule has 2 nitrogen and oxygen atoms in total. The highest BCUT2D eigenvalue weighted by molar-refractivity contribution is 4.66. The van der Waals surface area contributed by atoms with Gasteiger partial charge in [-0.25, -0.2) is 0 Å². The van der Waals surface area contributed by atoms with Crippen LogP contribution in [0.5, 0.6) is 0 Å². The highest BCUT2D eigenvalue weighted by Gasteiger charge is 2.02. The van der Waals surface area contributed by atoms with Crippen molar-refractivity contribution < 1.29 is 0 Å². The lowest BCUT2D eigenvalue weighted by Crippen LogP contribution is -2.38. The number of nitrogens with one attached hydrogen (secondary N) is 2. The van der Waals surface area contributed by atoms with Crippen LogP contribution in [0.15, 0.2) is 0 Å². The molecule has 1 unspecified atom stereocenters. The summed E-state index contributed by atoms with van der Waals surface area (Å²) in [5, 5.41) is 6.95. The first-order valence-corrected chi connectivity index (χ1v) is 5.29. The highest BCUT2D eigenvalue weighted by Crippen LogP contribution is 1.89. The maximum absolute atomic E-state index is 3.52. The van der Waals surface area contributed by atoms with Crippen molar-refractivity contribution in [2.45, 2.75) is 46.1 Å². The van der Waals surface area contributed by atoms with E-state index >= 15 is 0 Å². The van der Waals surface area contributed by atoms with E-state index < -0.39 is 0 Å². The molecule has 0 amide bonds. The molecule has 74 valence electrons. The number of hydrogen-bond acceptors (Lipinski definition) is 2. The monoisotopic (exact) mass is 172 g/mol. The summed E-state index contributed by atoms with van der Waals surface area (Å²) in [6, 6.07) is 0.663. The fourth-order valence-electron chi connectivity index (χ4n) is 1.16. The van der Waals surface area contributed by atoms with Gasteiger partial charge in [-0.1, -0.05) is 20.8 Å². The van der Waals surface area contributed by atoms with Gasteiger partial charge in [0.15, 0.2) is 0 Å². The normalized spacial score (nSPS) is 13.2. The molecular formula is C10H24N2. The van der Waals surface area contributed by atoms with Gasteiger partial charge in [0.2, 0.25) is 0 Å². The molecule has 0 aliphatic rings. The lowest BCUT2D eigenvalue weighted by Gasteiger charge is -2.16. The Kier molecular flexibility index (Phi) is 8.95. The van der Waals surface area contributed by atoms with Crippen LogP contribution in [0.3, 0.4) is 0 Å². The van der Waals surface area contributed by atoms with Crippen molar-refractivity contribution in [2.24, 2.45) is 0 Å². The van der Waals surface area contributed by atoms with Gasteiger partial charge in [-0.05, 0) is 32.4 Å². The van der Waals surface area contributed by atoms with Crippen molar-refractivity contribution in [1.82, 2.24) is 10.6 Å². The van der Waals surface area contributed by atoms with Gasteiger partial charge in [0.25, 0.3) is 0 Å². The van der Waals surface area contributed by atoms with Gasteiger partial charge in [-0.15, -0.1) is 0 Å². The minimum Gasteiger partial charge on any atom is -0.315 e. The summed E-state index contributed by atoms with van der Waals surface area (Å²) in [6.07, 6.45) is 3.67. The van der Waals surface area contributed by atoms with Crippen molar-refractivity contribution in [1.29, 1.82) is 0 Å². The first-order valence-electron chi connectivity index (χ1n) is 5.29. The molecule has 2 heteroatoms. The molecule has 0 bridgehead atoms. The molecule has 0 rings (SSSR count). The summed E-state index contributed by atoms with van der Waals surface area (Å²) in [4.78, 5) is 0. The average molecular weight is 172 g/mol. The van der Waals surface area contributed by atoms with Crippen LogP contribution < -0.4 is 10.6 Å². The van der Waals surface area contributed by atoms with Gasteiger partial charge in [-0.3, -0.25) is 0 Å². The summed E-state index contributed by atoms with van der Waals surface area (Å²) >= 11 is 0. The molecular weight excluding hydrogens is 148 g/mol. The molecule has 12 heavy (non-hydrogen) atoms. The van der Waals surface area contributed by atoms with Gasteiger partial charge in [0.05, 0.1) is 0 Å². The first-order chi connectivity index (χ1) is 5.85. The van der Waals surface area contributed by atoms with E-state index in [2.05, 4.69) is 31.4 Å². The summed E-state index contributed by atoms with van der Waals surface area (Å²) in [5.74, 6) is 0. The van der Waals surface area contributed by atoms with E-state index in [0.29, 0.717) is 6.04 Å². The summed E-state index contributed by atoms with van der Waals surface area (Å²) in [7, 11) is 0. The largest absolute Gasteiger partial charge is 0.315 e. The third-order valence-electron chi connectivity index (χ3n) is 1.99. The number of hydrogen-bond donors (Lipinski definition) is 2. The Morgan fingerprint density at radius 3 is 2.17 bits per heavy atom. The fraction of sp³-hybridized carbons (Fsp3) is 1.00. The SMILES string of the molecule is CCCNCC(CC)NCCC. The first kappa shape index (κ1) is 11.9. The van der Waals surface area contributed by atoms with Crippen LogP contribution in [-0.4, -0.2) is 25.7 Å². The van der Waals surface area contributed by atoms with E-state index in [1.807, 2.05) is 0 Å². The topological polar surface area (TPSA) is 24.1 Å². The third kappa shape index (κ3) is 6.62. The van der Waals surface area contributed by atoms with Crippen molar-refractivity contribution in [3.63, 3.8) is 0 Å². The number of rotatable bonds is 8. The maximum Gasteiger partial charge on any atom is 0.0189 e. The Morgan fingerprint density at radius 1 is 1.00 bits per heavy atom. The van der Waals surface area contributed by atoms with E-state index in [4.69, 9.17) is 0 Å². The molecule has 1 atom stereocenters. The van der Waals surface area contributed by atoms with Crippen LogP contribution in [0, 0.1) is 0 Å². The minimum absolute atomic E-state index is 0.663. The molecule has 0 fully saturated rings. The van der Waals surface area contributed by atoms with Crippen molar-refractivity contribution >= 4 is 0 Å². The molecule has 0 saturated carbocycles. The van der Waals surface area contributed by atoms with Gasteiger partial charge in [-0.2, -0.15) is 0 Å². The average Bonchev–Trinajstić information content (AvgIpc) is 2.11. The van der Waals surface area contributed by atoms with E-state index in [1.165, 1.54) is 19.3 Å². The van der Waals surface area contributed by atoms with Crippen LogP contribution in [-0.2, 0) is 0 Å². The van der Waals surface area contributed by atoms with E-state index in [9.17, 15) is 0 Å². The van der Waals surface area contributed by atoms with E-state index in [-0.39, 0.29) is 0 Å². The van der Waals surface area contributed by atoms with Crippen LogP contribution in [0.25, 0.3) is 0 Å². The Balaban J connectivity index is 3.26. The molecule has 0 radical (unpaired) electrons. The second kappa shape index (κ2) is 9.01. The quantitative estimate of drug-likeness (QED) is 0.545. The minimum atomic E-state index is 0.663. The zero-order valence-electron chi connectivity index (χ0n) is 8.82. The Hall–Kier alpha value is -0.0800. The molecule has 0 heterocycles. The second-order valence-corrected chi connectivity index (χ2v) is 3.26. The van der Waals surface area contributed by atoms with Crippen LogP contribution in [0.2, 0.25) is 0 Å². The predicted octanol–water partition coefficient (Wildman–Crippen LogP) is 1.76. The zero-order chi connectivity index (χ0) is 9.23. The van der Waals surface area contributed by atoms with Crippen LogP contribution >= 0.6 is 0 Å². The molecule has 2 N–H and O–H groups in total. The standard InChI is InChI=1S/C10H24N2/c1-4-7-11-9-10(6-3)12-8-5-2/h10-12H,4-9H2,1-3H3. The highest BCUT2D eigenvalue weighted by atomic mass is 15.0. The summed E-state index contributed by atoms with van der Waals surface area (Å²) in [6.45, 7) is 10.1. The molecule has 0 aromatic carbocycles. The second-order valence-electron chi connectivity index (χ2n) is 3.26. The van der Waals surface area contributed by atoms with Crippen molar-refractivity contribution in [3.8, 4) is 0 Å². The van der Waals surface area contributed by atoms with E-state index in [0.717, 1.165) is 19.6 Å². The van der Waals surface area contributed by atoms with Gasteiger partial charge in [0.1, 0.15) is 0 Å². The fourth-order valence-corrected chi connectivity index (χ4v) is 1.16. The zero-order valence-corrected chi connectivity index (χ0v) is 8.82. The summed E-state index contributed by atoms with van der Waals surface area (Å²) in [5.41, 5.74) is 0. The maximum atomic E-state index is 3.52. The lowest BCUT2D eigenvalue weighted by atomic mass is 10.2. The molecule has 0 aromatic rings. The van der Waals surface area contributed by atoms with Crippen molar-refractivity contribution in [2.75, 3.05) is 19.6 Å². The third-order valence-corrected chi connectivity index (χ3v) is 1.99. The van der Waals surface area contributed by atoms with Gasteiger partial charge in [0, 0.05) is 12.6 Å². The van der Waals surface area contributed by atoms with Gasteiger partial charge < -0.3 is 10.6 Å². The van der Waals surface area contributed by atoms with E-state index in [1.54, 1.807) is 0 Å². The molecule has 0 aliphatic carbocycles. The Bertz CT molecular complexity index is 83.9. The van der Waals surface area contributed by atoms with Crippen LogP contribution in [0.4, 0.5) is 0 Å². The summed E-state index contributed by atoms with van der Waals surface area (Å²) < 4.78 is 0. The van der Waals surface area contributed by atoms with Crippen LogP contribution in [0.1, 0.15) is 40.0 Å². The van der Waals surface area contributed by atoms with Gasteiger partial charge >= 0.3 is 0 Å². The lowest BCUT2D eigenvalue weighted by molar-refractivity contribution is 0.462. The molecule has 0 saturated heterocycles. The smallest absolute Gasteiger partial charge is 0.0189 e. The van der Waals surface area contributed by atoms with Crippen molar-refractivity contribution in [3.05, 3.63) is 0 Å². The molecule has 0 spiro atoms.